The van der Waals surface area contributed by atoms with Crippen LogP contribution in [0.1, 0.15) is 26.0 Å². The Morgan fingerprint density at radius 2 is 2.22 bits per heavy atom. The van der Waals surface area contributed by atoms with Crippen LogP contribution in [-0.4, -0.2) is 43.2 Å². The smallest absolute Gasteiger partial charge is 0.0589 e. The predicted octanol–water partition coefficient (Wildman–Crippen LogP) is 2.37. The molecule has 0 saturated carbocycles. The molecule has 4 nitrogen and oxygen atoms in total. The summed E-state index contributed by atoms with van der Waals surface area (Å²) in [6, 6.07) is 4.15. The number of pyridine rings is 1. The Labute approximate surface area is 110 Å². The van der Waals surface area contributed by atoms with Crippen molar-refractivity contribution in [2.24, 2.45) is 0 Å². The van der Waals surface area contributed by atoms with E-state index in [4.69, 9.17) is 4.74 Å². The monoisotopic (exact) mass is 251 g/mol. The first kappa shape index (κ1) is 14.9. The van der Waals surface area contributed by atoms with Crippen molar-refractivity contribution in [3.05, 3.63) is 24.0 Å². The van der Waals surface area contributed by atoms with Gasteiger partial charge in [0.25, 0.3) is 0 Å². The quantitative estimate of drug-likeness (QED) is 0.731. The average molecular weight is 251 g/mol. The average Bonchev–Trinajstić information content (AvgIpc) is 2.41. The normalized spacial score (nSPS) is 10.9. The van der Waals surface area contributed by atoms with Crippen LogP contribution in [0, 0.1) is 0 Å². The van der Waals surface area contributed by atoms with Gasteiger partial charge >= 0.3 is 0 Å². The minimum Gasteiger partial charge on any atom is -0.385 e. The number of methoxy groups -OCH3 is 1. The SMILES string of the molecule is CCCNc1ccnc(CN(CC)CCOC)c1. The van der Waals surface area contributed by atoms with Crippen LogP contribution in [0.15, 0.2) is 18.3 Å². The zero-order valence-corrected chi connectivity index (χ0v) is 11.8. The maximum absolute atomic E-state index is 5.11. The highest BCUT2D eigenvalue weighted by atomic mass is 16.5. The Balaban J connectivity index is 2.53. The van der Waals surface area contributed by atoms with Gasteiger partial charge in [-0.2, -0.15) is 0 Å². The second-order valence-corrected chi connectivity index (χ2v) is 4.32. The third-order valence-corrected chi connectivity index (χ3v) is 2.84. The van der Waals surface area contributed by atoms with E-state index >= 15 is 0 Å². The van der Waals surface area contributed by atoms with E-state index in [1.54, 1.807) is 7.11 Å². The fourth-order valence-electron chi connectivity index (χ4n) is 1.74. The molecule has 0 aliphatic heterocycles. The molecule has 1 N–H and O–H groups in total. The van der Waals surface area contributed by atoms with Crippen LogP contribution in [0.2, 0.25) is 0 Å². The number of nitrogens with zero attached hydrogens (tertiary/aromatic N) is 2. The number of hydrogen-bond donors (Lipinski definition) is 1. The highest BCUT2D eigenvalue weighted by Crippen LogP contribution is 2.10. The summed E-state index contributed by atoms with van der Waals surface area (Å²) in [5.41, 5.74) is 2.26. The topological polar surface area (TPSA) is 37.4 Å². The summed E-state index contributed by atoms with van der Waals surface area (Å²) in [6.07, 6.45) is 3.00. The lowest BCUT2D eigenvalue weighted by Gasteiger charge is -2.19. The second kappa shape index (κ2) is 8.89. The van der Waals surface area contributed by atoms with Gasteiger partial charge in [0.15, 0.2) is 0 Å². The van der Waals surface area contributed by atoms with Crippen molar-refractivity contribution in [2.75, 3.05) is 38.7 Å². The van der Waals surface area contributed by atoms with Gasteiger partial charge in [0.2, 0.25) is 0 Å². The highest BCUT2D eigenvalue weighted by molar-refractivity contribution is 5.43. The molecule has 1 heterocycles. The number of aromatic nitrogens is 1. The minimum absolute atomic E-state index is 0.765. The minimum atomic E-state index is 0.765. The molecule has 0 spiro atoms. The van der Waals surface area contributed by atoms with Gasteiger partial charge in [-0.3, -0.25) is 9.88 Å². The van der Waals surface area contributed by atoms with E-state index in [1.165, 1.54) is 0 Å². The zero-order valence-electron chi connectivity index (χ0n) is 11.8. The van der Waals surface area contributed by atoms with Gasteiger partial charge in [-0.1, -0.05) is 13.8 Å². The van der Waals surface area contributed by atoms with E-state index in [1.807, 2.05) is 12.3 Å². The lowest BCUT2D eigenvalue weighted by molar-refractivity contribution is 0.147. The molecule has 0 aliphatic rings. The molecule has 0 unspecified atom stereocenters. The molecular weight excluding hydrogens is 226 g/mol. The molecule has 1 aromatic heterocycles. The van der Waals surface area contributed by atoms with Crippen molar-refractivity contribution in [2.45, 2.75) is 26.8 Å². The molecule has 0 radical (unpaired) electrons. The number of anilines is 1. The Bertz CT molecular complexity index is 331. The van der Waals surface area contributed by atoms with Crippen molar-refractivity contribution in [1.29, 1.82) is 0 Å². The summed E-state index contributed by atoms with van der Waals surface area (Å²) in [4.78, 5) is 6.75. The van der Waals surface area contributed by atoms with Crippen LogP contribution < -0.4 is 5.32 Å². The maximum Gasteiger partial charge on any atom is 0.0589 e. The molecular formula is C14H25N3O. The molecule has 0 amide bonds. The molecule has 0 atom stereocenters. The Hall–Kier alpha value is -1.13. The van der Waals surface area contributed by atoms with Crippen LogP contribution in [-0.2, 0) is 11.3 Å². The molecule has 1 aromatic rings. The van der Waals surface area contributed by atoms with Crippen LogP contribution in [0.3, 0.4) is 0 Å². The number of rotatable bonds is 9. The van der Waals surface area contributed by atoms with Crippen LogP contribution in [0.5, 0.6) is 0 Å². The van der Waals surface area contributed by atoms with Gasteiger partial charge in [0.1, 0.15) is 0 Å². The van der Waals surface area contributed by atoms with Gasteiger partial charge in [-0.15, -0.1) is 0 Å². The molecule has 0 aliphatic carbocycles. The second-order valence-electron chi connectivity index (χ2n) is 4.32. The van der Waals surface area contributed by atoms with E-state index in [9.17, 15) is 0 Å². The Morgan fingerprint density at radius 3 is 2.89 bits per heavy atom. The van der Waals surface area contributed by atoms with Crippen molar-refractivity contribution < 1.29 is 4.74 Å². The summed E-state index contributed by atoms with van der Waals surface area (Å²) in [7, 11) is 1.74. The van der Waals surface area contributed by atoms with Crippen molar-refractivity contribution in [3.63, 3.8) is 0 Å². The van der Waals surface area contributed by atoms with Crippen molar-refractivity contribution in [3.8, 4) is 0 Å². The molecule has 0 fully saturated rings. The maximum atomic E-state index is 5.11. The zero-order chi connectivity index (χ0) is 13.2. The fraction of sp³-hybridized carbons (Fsp3) is 0.643. The largest absolute Gasteiger partial charge is 0.385 e. The van der Waals surface area contributed by atoms with E-state index in [-0.39, 0.29) is 0 Å². The summed E-state index contributed by atoms with van der Waals surface area (Å²) < 4.78 is 5.11. The van der Waals surface area contributed by atoms with Crippen LogP contribution in [0.25, 0.3) is 0 Å². The summed E-state index contributed by atoms with van der Waals surface area (Å²) in [6.45, 7) is 8.93. The standard InChI is InChI=1S/C14H25N3O/c1-4-7-15-13-6-8-16-14(11-13)12-17(5-2)9-10-18-3/h6,8,11H,4-5,7,9-10,12H2,1-3H3,(H,15,16). The number of likely N-dealkylation sites (N-methyl/N-ethyl adjacent to an activating group) is 1. The van der Waals surface area contributed by atoms with Crippen LogP contribution >= 0.6 is 0 Å². The van der Waals surface area contributed by atoms with Gasteiger partial charge in [-0.05, 0) is 25.1 Å². The molecule has 102 valence electrons. The number of hydrogen-bond acceptors (Lipinski definition) is 4. The third-order valence-electron chi connectivity index (χ3n) is 2.84. The molecule has 4 heteroatoms. The molecule has 0 bridgehead atoms. The van der Waals surface area contributed by atoms with Crippen molar-refractivity contribution in [1.82, 2.24) is 9.88 Å². The molecule has 0 aromatic carbocycles. The molecule has 18 heavy (non-hydrogen) atoms. The first-order valence-electron chi connectivity index (χ1n) is 6.70. The summed E-state index contributed by atoms with van der Waals surface area (Å²) in [5, 5.41) is 3.39. The first-order valence-corrected chi connectivity index (χ1v) is 6.70. The lowest BCUT2D eigenvalue weighted by atomic mass is 10.3. The van der Waals surface area contributed by atoms with Gasteiger partial charge in [0.05, 0.1) is 12.3 Å². The van der Waals surface area contributed by atoms with Crippen molar-refractivity contribution >= 4 is 5.69 Å². The summed E-state index contributed by atoms with van der Waals surface area (Å²) in [5.74, 6) is 0. The number of ether oxygens (including phenoxy) is 1. The van der Waals surface area contributed by atoms with Gasteiger partial charge in [-0.25, -0.2) is 0 Å². The summed E-state index contributed by atoms with van der Waals surface area (Å²) >= 11 is 0. The van der Waals surface area contributed by atoms with E-state index in [2.05, 4.69) is 35.1 Å². The predicted molar refractivity (Wildman–Crippen MR) is 75.8 cm³/mol. The lowest BCUT2D eigenvalue weighted by Crippen LogP contribution is -2.27. The van der Waals surface area contributed by atoms with Crippen LogP contribution in [0.4, 0.5) is 5.69 Å². The highest BCUT2D eigenvalue weighted by Gasteiger charge is 2.05. The van der Waals surface area contributed by atoms with Gasteiger partial charge < -0.3 is 10.1 Å². The first-order chi connectivity index (χ1) is 8.80. The van der Waals surface area contributed by atoms with E-state index in [0.717, 1.165) is 50.6 Å². The van der Waals surface area contributed by atoms with E-state index in [0.29, 0.717) is 0 Å². The third kappa shape index (κ3) is 5.47. The molecule has 0 saturated heterocycles. The Kier molecular flexibility index (Phi) is 7.37. The molecule has 1 rings (SSSR count). The van der Waals surface area contributed by atoms with Gasteiger partial charge in [0, 0.05) is 38.6 Å². The fourth-order valence-corrected chi connectivity index (χ4v) is 1.74. The Morgan fingerprint density at radius 1 is 1.39 bits per heavy atom. The number of nitrogens with one attached hydrogen (secondary N) is 1. The van der Waals surface area contributed by atoms with E-state index < -0.39 is 0 Å².